The number of nitrogens with zero attached hydrogens (tertiary/aromatic N) is 1. The zero-order valence-corrected chi connectivity index (χ0v) is 16.9. The molecule has 0 spiro atoms. The zero-order chi connectivity index (χ0) is 20.8. The number of sulfonamides is 1. The van der Waals surface area contributed by atoms with Gasteiger partial charge in [0.15, 0.2) is 16.4 Å². The molecule has 0 radical (unpaired) electrons. The van der Waals surface area contributed by atoms with Gasteiger partial charge in [0.05, 0.1) is 11.5 Å². The average Bonchev–Trinajstić information content (AvgIpc) is 3.03. The molecule has 0 bridgehead atoms. The number of amides is 1. The van der Waals surface area contributed by atoms with Gasteiger partial charge in [0.25, 0.3) is 5.91 Å². The Balaban J connectivity index is 1.76. The van der Waals surface area contributed by atoms with Gasteiger partial charge >= 0.3 is 5.97 Å². The van der Waals surface area contributed by atoms with E-state index in [1.165, 1.54) is 18.0 Å². The quantitative estimate of drug-likeness (QED) is 0.564. The van der Waals surface area contributed by atoms with Crippen molar-refractivity contribution < 1.29 is 31.2 Å². The molecule has 9 nitrogen and oxygen atoms in total. The number of carbonyl (C=O) groups is 2. The molecule has 1 aromatic carbocycles. The third-order valence-corrected chi connectivity index (χ3v) is 6.95. The van der Waals surface area contributed by atoms with Crippen LogP contribution in [0.4, 0.5) is 0 Å². The Hall–Kier alpha value is -2.24. The van der Waals surface area contributed by atoms with Gasteiger partial charge in [-0.15, -0.1) is 0 Å². The molecule has 1 aliphatic heterocycles. The summed E-state index contributed by atoms with van der Waals surface area (Å²) in [5, 5.41) is 0.926. The standard InChI is InChI=1S/C17H22N2O7S2/c1-19(15-8-9-27(22,23)13-15)16(20)12-26-17(21)11-18-28(24,25)10-7-14-5-3-2-4-6-14/h2-7,10,15,18H,8-9,11-13H2,1H3/b10-7+/t15-/m1/s1. The maximum atomic E-state index is 12.0. The van der Waals surface area contributed by atoms with Gasteiger partial charge in [0.2, 0.25) is 10.0 Å². The number of benzene rings is 1. The van der Waals surface area contributed by atoms with Crippen molar-refractivity contribution >= 4 is 37.8 Å². The normalized spacial score (nSPS) is 18.8. The van der Waals surface area contributed by atoms with Crippen molar-refractivity contribution in [3.05, 3.63) is 41.3 Å². The number of rotatable bonds is 8. The molecule has 1 fully saturated rings. The Morgan fingerprint density at radius 1 is 1.29 bits per heavy atom. The van der Waals surface area contributed by atoms with Crippen LogP contribution in [0.1, 0.15) is 12.0 Å². The topological polar surface area (TPSA) is 127 Å². The van der Waals surface area contributed by atoms with Gasteiger partial charge in [0, 0.05) is 18.5 Å². The summed E-state index contributed by atoms with van der Waals surface area (Å²) >= 11 is 0. The van der Waals surface area contributed by atoms with Crippen molar-refractivity contribution in [2.45, 2.75) is 12.5 Å². The van der Waals surface area contributed by atoms with Gasteiger partial charge in [-0.1, -0.05) is 30.3 Å². The molecule has 1 amide bonds. The average molecular weight is 431 g/mol. The molecule has 1 saturated heterocycles. The molecule has 154 valence electrons. The minimum atomic E-state index is -3.85. The highest BCUT2D eigenvalue weighted by Crippen LogP contribution is 2.16. The molecule has 28 heavy (non-hydrogen) atoms. The van der Waals surface area contributed by atoms with Gasteiger partial charge in [0.1, 0.15) is 6.54 Å². The lowest BCUT2D eigenvalue weighted by atomic mass is 10.2. The first kappa shape index (κ1) is 22.1. The number of nitrogens with one attached hydrogen (secondary N) is 1. The number of ether oxygens (including phenoxy) is 1. The van der Waals surface area contributed by atoms with Crippen LogP contribution < -0.4 is 4.72 Å². The van der Waals surface area contributed by atoms with Crippen LogP contribution in [0.25, 0.3) is 6.08 Å². The van der Waals surface area contributed by atoms with Crippen LogP contribution in [0.5, 0.6) is 0 Å². The maximum absolute atomic E-state index is 12.0. The first-order valence-electron chi connectivity index (χ1n) is 8.42. The first-order valence-corrected chi connectivity index (χ1v) is 11.8. The van der Waals surface area contributed by atoms with Crippen molar-refractivity contribution in [1.29, 1.82) is 0 Å². The Labute approximate surface area is 164 Å². The molecular weight excluding hydrogens is 408 g/mol. The summed E-state index contributed by atoms with van der Waals surface area (Å²) in [6.07, 6.45) is 1.72. The Morgan fingerprint density at radius 3 is 2.57 bits per heavy atom. The number of carbonyl (C=O) groups excluding carboxylic acids is 2. The SMILES string of the molecule is CN(C(=O)COC(=O)CNS(=O)(=O)/C=C/c1ccccc1)[C@@H]1CCS(=O)(=O)C1. The van der Waals surface area contributed by atoms with Crippen molar-refractivity contribution in [3.8, 4) is 0 Å². The van der Waals surface area contributed by atoms with Crippen LogP contribution >= 0.6 is 0 Å². The number of sulfone groups is 1. The van der Waals surface area contributed by atoms with E-state index in [0.717, 1.165) is 5.41 Å². The van der Waals surface area contributed by atoms with E-state index >= 15 is 0 Å². The molecule has 0 saturated carbocycles. The molecule has 1 aromatic rings. The predicted molar refractivity (Wildman–Crippen MR) is 103 cm³/mol. The van der Waals surface area contributed by atoms with E-state index in [2.05, 4.69) is 4.72 Å². The summed E-state index contributed by atoms with van der Waals surface area (Å²) in [7, 11) is -5.55. The van der Waals surface area contributed by atoms with Gasteiger partial charge in [-0.3, -0.25) is 9.59 Å². The number of esters is 1. The molecule has 2 rings (SSSR count). The van der Waals surface area contributed by atoms with E-state index in [1.54, 1.807) is 30.3 Å². The monoisotopic (exact) mass is 430 g/mol. The lowest BCUT2D eigenvalue weighted by Gasteiger charge is -2.23. The van der Waals surface area contributed by atoms with Crippen LogP contribution in [0, 0.1) is 0 Å². The minimum absolute atomic E-state index is 0.0212. The molecule has 0 aliphatic carbocycles. The third kappa shape index (κ3) is 7.06. The molecule has 0 unspecified atom stereocenters. The molecule has 1 heterocycles. The lowest BCUT2D eigenvalue weighted by Crippen LogP contribution is -2.41. The van der Waals surface area contributed by atoms with E-state index in [0.29, 0.717) is 12.0 Å². The lowest BCUT2D eigenvalue weighted by molar-refractivity contribution is -0.151. The van der Waals surface area contributed by atoms with E-state index in [-0.39, 0.29) is 11.5 Å². The minimum Gasteiger partial charge on any atom is -0.455 e. The maximum Gasteiger partial charge on any atom is 0.321 e. The molecule has 1 N–H and O–H groups in total. The second-order valence-electron chi connectivity index (χ2n) is 6.30. The Kier molecular flexibility index (Phi) is 7.33. The highest BCUT2D eigenvalue weighted by atomic mass is 32.2. The fourth-order valence-electron chi connectivity index (χ4n) is 2.52. The summed E-state index contributed by atoms with van der Waals surface area (Å²) in [6.45, 7) is -1.22. The molecule has 11 heteroatoms. The number of likely N-dealkylation sites (N-methyl/N-ethyl adjacent to an activating group) is 1. The number of hydrogen-bond acceptors (Lipinski definition) is 7. The van der Waals surface area contributed by atoms with Gasteiger partial charge in [-0.25, -0.2) is 21.6 Å². The smallest absolute Gasteiger partial charge is 0.321 e. The van der Waals surface area contributed by atoms with Gasteiger partial charge in [-0.2, -0.15) is 0 Å². The predicted octanol–water partition coefficient (Wildman–Crippen LogP) is -0.235. The van der Waals surface area contributed by atoms with Crippen LogP contribution in [0.3, 0.4) is 0 Å². The van der Waals surface area contributed by atoms with Crippen molar-refractivity contribution in [1.82, 2.24) is 9.62 Å². The van der Waals surface area contributed by atoms with Crippen molar-refractivity contribution in [3.63, 3.8) is 0 Å². The van der Waals surface area contributed by atoms with E-state index in [9.17, 15) is 26.4 Å². The van der Waals surface area contributed by atoms with E-state index < -0.39 is 50.9 Å². The number of hydrogen-bond donors (Lipinski definition) is 1. The Morgan fingerprint density at radius 2 is 1.96 bits per heavy atom. The van der Waals surface area contributed by atoms with Crippen LogP contribution in [-0.4, -0.2) is 71.4 Å². The molecule has 1 aliphatic rings. The van der Waals surface area contributed by atoms with Gasteiger partial charge < -0.3 is 9.64 Å². The summed E-state index contributed by atoms with van der Waals surface area (Å²) < 4.78 is 53.4. The van der Waals surface area contributed by atoms with Crippen LogP contribution in [0.2, 0.25) is 0 Å². The van der Waals surface area contributed by atoms with Gasteiger partial charge in [-0.05, 0) is 18.1 Å². The fraction of sp³-hybridized carbons (Fsp3) is 0.412. The van der Waals surface area contributed by atoms with Crippen molar-refractivity contribution in [2.24, 2.45) is 0 Å². The summed E-state index contributed by atoms with van der Waals surface area (Å²) in [5.41, 5.74) is 0.679. The highest BCUT2D eigenvalue weighted by molar-refractivity contribution is 7.92. The second-order valence-corrected chi connectivity index (χ2v) is 10.2. The first-order chi connectivity index (χ1) is 13.1. The Bertz CT molecular complexity index is 941. The van der Waals surface area contributed by atoms with E-state index in [4.69, 9.17) is 4.74 Å². The summed E-state index contributed by atoms with van der Waals surface area (Å²) in [5.74, 6) is -1.57. The van der Waals surface area contributed by atoms with Crippen LogP contribution in [0.15, 0.2) is 35.7 Å². The third-order valence-electron chi connectivity index (χ3n) is 4.16. The molecule has 1 atom stereocenters. The van der Waals surface area contributed by atoms with Crippen molar-refractivity contribution in [2.75, 3.05) is 31.7 Å². The fourth-order valence-corrected chi connectivity index (χ4v) is 5.05. The molecule has 0 aromatic heterocycles. The zero-order valence-electron chi connectivity index (χ0n) is 15.3. The summed E-state index contributed by atoms with van der Waals surface area (Å²) in [6, 6.07) is 8.30. The summed E-state index contributed by atoms with van der Waals surface area (Å²) in [4.78, 5) is 24.9. The molecular formula is C17H22N2O7S2. The second kappa shape index (κ2) is 9.30. The largest absolute Gasteiger partial charge is 0.455 e. The van der Waals surface area contributed by atoms with E-state index in [1.807, 2.05) is 0 Å². The van der Waals surface area contributed by atoms with Crippen LogP contribution in [-0.2, 0) is 34.2 Å². The highest BCUT2D eigenvalue weighted by Gasteiger charge is 2.32.